The van der Waals surface area contributed by atoms with Crippen LogP contribution in [0, 0.1) is 0 Å². The van der Waals surface area contributed by atoms with E-state index in [4.69, 9.17) is 4.74 Å². The van der Waals surface area contributed by atoms with Crippen molar-refractivity contribution in [2.75, 3.05) is 6.61 Å². The third-order valence-corrected chi connectivity index (χ3v) is 12.9. The van der Waals surface area contributed by atoms with Crippen molar-refractivity contribution in [2.24, 2.45) is 0 Å². The maximum atomic E-state index is 13.2. The zero-order valence-electron chi connectivity index (χ0n) is 43.8. The molecule has 0 aliphatic carbocycles. The van der Waals surface area contributed by atoms with Crippen molar-refractivity contribution >= 4 is 11.9 Å². The molecule has 384 valence electrons. The number of rotatable bonds is 51. The monoisotopic (exact) mass is 924 g/mol. The lowest BCUT2D eigenvalue weighted by Crippen LogP contribution is -2.46. The first-order chi connectivity index (χ1) is 32.5. The van der Waals surface area contributed by atoms with Crippen LogP contribution < -0.4 is 5.32 Å². The lowest BCUT2D eigenvalue weighted by molar-refractivity contribution is -0.151. The summed E-state index contributed by atoms with van der Waals surface area (Å²) >= 11 is 0. The lowest BCUT2D eigenvalue weighted by Gasteiger charge is -2.24. The van der Waals surface area contributed by atoms with Gasteiger partial charge in [-0.15, -0.1) is 0 Å². The second-order valence-electron chi connectivity index (χ2n) is 19.3. The molecule has 0 bridgehead atoms. The maximum absolute atomic E-state index is 13.2. The van der Waals surface area contributed by atoms with E-state index in [2.05, 4.69) is 86.8 Å². The molecule has 3 atom stereocenters. The van der Waals surface area contributed by atoms with Gasteiger partial charge in [-0.2, -0.15) is 0 Å². The van der Waals surface area contributed by atoms with Crippen LogP contribution in [0.2, 0.25) is 0 Å². The third kappa shape index (κ3) is 48.0. The highest BCUT2D eigenvalue weighted by Gasteiger charge is 2.24. The SMILES string of the molecule is CC/C=C\C/C=C\C/C=C\C/C=C\C/C=C\CCCC(CC(=O)NC(CO)C(O)CCCCCCCCCCCCC)OC(=O)CCCCCCCCCCCCCCCCCCCCC. The van der Waals surface area contributed by atoms with Crippen LogP contribution >= 0.6 is 0 Å². The number of aliphatic hydroxyl groups is 2. The van der Waals surface area contributed by atoms with Crippen molar-refractivity contribution in [3.8, 4) is 0 Å². The fourth-order valence-corrected chi connectivity index (χ4v) is 8.58. The Morgan fingerprint density at radius 1 is 0.455 bits per heavy atom. The zero-order valence-corrected chi connectivity index (χ0v) is 43.8. The van der Waals surface area contributed by atoms with E-state index in [1.54, 1.807) is 0 Å². The quantitative estimate of drug-likeness (QED) is 0.0321. The molecule has 0 aromatic heterocycles. The van der Waals surface area contributed by atoms with Crippen molar-refractivity contribution < 1.29 is 24.5 Å². The molecular formula is C60H109NO5. The Bertz CT molecular complexity index is 1170. The zero-order chi connectivity index (χ0) is 48.1. The van der Waals surface area contributed by atoms with Gasteiger partial charge in [-0.05, 0) is 64.2 Å². The van der Waals surface area contributed by atoms with Crippen molar-refractivity contribution in [2.45, 2.75) is 302 Å². The first-order valence-electron chi connectivity index (χ1n) is 28.5. The van der Waals surface area contributed by atoms with Gasteiger partial charge in [-0.25, -0.2) is 0 Å². The minimum absolute atomic E-state index is 0.0399. The molecule has 0 fully saturated rings. The van der Waals surface area contributed by atoms with E-state index in [1.165, 1.54) is 154 Å². The van der Waals surface area contributed by atoms with E-state index in [0.29, 0.717) is 19.3 Å². The molecular weight excluding hydrogens is 815 g/mol. The average Bonchev–Trinajstić information content (AvgIpc) is 3.31. The average molecular weight is 925 g/mol. The normalized spacial score (nSPS) is 13.6. The number of nitrogens with one attached hydrogen (secondary N) is 1. The number of hydrogen-bond donors (Lipinski definition) is 3. The van der Waals surface area contributed by atoms with E-state index in [1.807, 2.05) is 0 Å². The van der Waals surface area contributed by atoms with Crippen LogP contribution in [0.5, 0.6) is 0 Å². The standard InChI is InChI=1S/C60H109NO5/c1-4-7-10-13-16-19-22-24-26-28-29-31-33-35-38-41-44-47-50-53-60(65)66-56(51-48-45-42-39-37-34-32-30-27-25-23-20-17-14-11-8-5-2)54-59(64)61-57(55-62)58(63)52-49-46-43-40-36-21-18-15-12-9-6-3/h8,11,17,20,25,27,32,34,39,42,56-58,62-63H,4-7,9-10,12-16,18-19,21-24,26,28-31,33,35-38,40-41,43-55H2,1-3H3,(H,61,64)/b11-8-,20-17-,27-25-,34-32-,42-39-. The topological polar surface area (TPSA) is 95.9 Å². The van der Waals surface area contributed by atoms with Gasteiger partial charge >= 0.3 is 5.97 Å². The molecule has 0 saturated carbocycles. The van der Waals surface area contributed by atoms with Crippen LogP contribution in [-0.4, -0.2) is 46.9 Å². The molecule has 66 heavy (non-hydrogen) atoms. The van der Waals surface area contributed by atoms with Crippen LogP contribution in [0.1, 0.15) is 284 Å². The molecule has 6 nitrogen and oxygen atoms in total. The largest absolute Gasteiger partial charge is 0.462 e. The Balaban J connectivity index is 4.61. The Hall–Kier alpha value is -2.44. The summed E-state index contributed by atoms with van der Waals surface area (Å²) in [6.07, 6.45) is 67.2. The Morgan fingerprint density at radius 2 is 0.818 bits per heavy atom. The molecule has 0 heterocycles. The number of aliphatic hydroxyl groups excluding tert-OH is 2. The highest BCUT2D eigenvalue weighted by atomic mass is 16.5. The summed E-state index contributed by atoms with van der Waals surface area (Å²) in [7, 11) is 0. The summed E-state index contributed by atoms with van der Waals surface area (Å²) in [5, 5.41) is 23.8. The highest BCUT2D eigenvalue weighted by molar-refractivity contribution is 5.77. The molecule has 0 spiro atoms. The van der Waals surface area contributed by atoms with Crippen molar-refractivity contribution in [3.63, 3.8) is 0 Å². The lowest BCUT2D eigenvalue weighted by atomic mass is 10.0. The van der Waals surface area contributed by atoms with Crippen LogP contribution in [0.3, 0.4) is 0 Å². The first-order valence-corrected chi connectivity index (χ1v) is 28.5. The summed E-state index contributed by atoms with van der Waals surface area (Å²) < 4.78 is 5.93. The number of hydrogen-bond acceptors (Lipinski definition) is 5. The van der Waals surface area contributed by atoms with E-state index >= 15 is 0 Å². The predicted octanol–water partition coefficient (Wildman–Crippen LogP) is 17.6. The van der Waals surface area contributed by atoms with Gasteiger partial charge in [0, 0.05) is 6.42 Å². The van der Waals surface area contributed by atoms with Gasteiger partial charge in [0.15, 0.2) is 0 Å². The van der Waals surface area contributed by atoms with Gasteiger partial charge in [-0.1, -0.05) is 268 Å². The summed E-state index contributed by atoms with van der Waals surface area (Å²) in [5.74, 6) is -0.520. The number of amides is 1. The van der Waals surface area contributed by atoms with Crippen LogP contribution in [0.25, 0.3) is 0 Å². The number of allylic oxidation sites excluding steroid dienone is 10. The molecule has 6 heteroatoms. The minimum atomic E-state index is -0.803. The van der Waals surface area contributed by atoms with Crippen molar-refractivity contribution in [1.82, 2.24) is 5.32 Å². The smallest absolute Gasteiger partial charge is 0.306 e. The van der Waals surface area contributed by atoms with Crippen molar-refractivity contribution in [1.29, 1.82) is 0 Å². The van der Waals surface area contributed by atoms with Gasteiger partial charge < -0.3 is 20.3 Å². The first kappa shape index (κ1) is 63.6. The number of carbonyl (C=O) groups is 2. The van der Waals surface area contributed by atoms with Gasteiger partial charge in [0.25, 0.3) is 0 Å². The van der Waals surface area contributed by atoms with E-state index in [-0.39, 0.29) is 24.9 Å². The minimum Gasteiger partial charge on any atom is -0.462 e. The summed E-state index contributed by atoms with van der Waals surface area (Å²) in [6, 6.07) is -0.720. The number of ether oxygens (including phenoxy) is 1. The fourth-order valence-electron chi connectivity index (χ4n) is 8.58. The molecule has 3 unspecified atom stereocenters. The number of esters is 1. The number of unbranched alkanes of at least 4 members (excludes halogenated alkanes) is 29. The Kier molecular flexibility index (Phi) is 51.5. The van der Waals surface area contributed by atoms with E-state index in [0.717, 1.165) is 83.5 Å². The van der Waals surface area contributed by atoms with E-state index < -0.39 is 18.2 Å². The maximum Gasteiger partial charge on any atom is 0.306 e. The summed E-state index contributed by atoms with van der Waals surface area (Å²) in [5.41, 5.74) is 0. The number of carbonyl (C=O) groups excluding carboxylic acids is 2. The van der Waals surface area contributed by atoms with Crippen LogP contribution in [0.15, 0.2) is 60.8 Å². The second kappa shape index (κ2) is 53.5. The Labute approximate surface area is 409 Å². The molecule has 0 saturated heterocycles. The molecule has 0 aromatic rings. The van der Waals surface area contributed by atoms with Crippen LogP contribution in [-0.2, 0) is 14.3 Å². The second-order valence-corrected chi connectivity index (χ2v) is 19.3. The molecule has 0 aromatic carbocycles. The van der Waals surface area contributed by atoms with E-state index in [9.17, 15) is 19.8 Å². The fraction of sp³-hybridized carbons (Fsp3) is 0.800. The van der Waals surface area contributed by atoms with Crippen molar-refractivity contribution in [3.05, 3.63) is 60.8 Å². The Morgan fingerprint density at radius 3 is 1.21 bits per heavy atom. The predicted molar refractivity (Wildman–Crippen MR) is 287 cm³/mol. The molecule has 0 aliphatic heterocycles. The van der Waals surface area contributed by atoms with Gasteiger partial charge in [0.05, 0.1) is 25.2 Å². The molecule has 0 radical (unpaired) electrons. The summed E-state index contributed by atoms with van der Waals surface area (Å²) in [4.78, 5) is 26.2. The van der Waals surface area contributed by atoms with Gasteiger partial charge in [-0.3, -0.25) is 9.59 Å². The highest BCUT2D eigenvalue weighted by Crippen LogP contribution is 2.18. The third-order valence-electron chi connectivity index (χ3n) is 12.9. The molecule has 1 amide bonds. The summed E-state index contributed by atoms with van der Waals surface area (Å²) in [6.45, 7) is 6.37. The molecule has 3 N–H and O–H groups in total. The van der Waals surface area contributed by atoms with Gasteiger partial charge in [0.1, 0.15) is 6.10 Å². The molecule has 0 aliphatic rings. The van der Waals surface area contributed by atoms with Crippen LogP contribution in [0.4, 0.5) is 0 Å². The molecule has 0 rings (SSSR count). The van der Waals surface area contributed by atoms with Gasteiger partial charge in [0.2, 0.25) is 5.91 Å².